The van der Waals surface area contributed by atoms with Gasteiger partial charge in [0.2, 0.25) is 5.91 Å². The Morgan fingerprint density at radius 2 is 1.56 bits per heavy atom. The van der Waals surface area contributed by atoms with Crippen molar-refractivity contribution in [3.05, 3.63) is 54.6 Å². The summed E-state index contributed by atoms with van der Waals surface area (Å²) in [6, 6.07) is 17.4. The van der Waals surface area contributed by atoms with Crippen LogP contribution in [0, 0.1) is 0 Å². The van der Waals surface area contributed by atoms with Crippen LogP contribution in [0.25, 0.3) is 11.1 Å². The summed E-state index contributed by atoms with van der Waals surface area (Å²) in [5, 5.41) is 5.34. The van der Waals surface area contributed by atoms with Crippen molar-refractivity contribution in [2.75, 3.05) is 13.2 Å². The summed E-state index contributed by atoms with van der Waals surface area (Å²) in [6.07, 6.45) is 0. The summed E-state index contributed by atoms with van der Waals surface area (Å²) in [7, 11) is 0. The molecular weight excluding hydrogens is 316 g/mol. The molecule has 2 aromatic rings. The molecule has 0 radical (unpaired) electrons. The quantitative estimate of drug-likeness (QED) is 0.850. The fourth-order valence-corrected chi connectivity index (χ4v) is 2.28. The Morgan fingerprint density at radius 3 is 2.24 bits per heavy atom. The number of ether oxygens (including phenoxy) is 1. The van der Waals surface area contributed by atoms with E-state index in [-0.39, 0.29) is 30.5 Å². The van der Waals surface area contributed by atoms with Gasteiger partial charge in [-0.3, -0.25) is 9.59 Å². The van der Waals surface area contributed by atoms with Gasteiger partial charge in [0, 0.05) is 11.1 Å². The molecule has 0 aliphatic heterocycles. The molecule has 0 spiro atoms. The van der Waals surface area contributed by atoms with Crippen LogP contribution in [0.5, 0.6) is 5.75 Å². The first-order valence-corrected chi connectivity index (χ1v) is 8.20. The number of nitrogens with one attached hydrogen (secondary N) is 2. The van der Waals surface area contributed by atoms with Gasteiger partial charge in [-0.1, -0.05) is 48.5 Å². The molecule has 0 atom stereocenters. The summed E-state index contributed by atoms with van der Waals surface area (Å²) >= 11 is 0. The number of carbonyl (C=O) groups is 2. The van der Waals surface area contributed by atoms with Crippen molar-refractivity contribution < 1.29 is 14.3 Å². The largest absolute Gasteiger partial charge is 0.483 e. The van der Waals surface area contributed by atoms with E-state index in [0.717, 1.165) is 11.1 Å². The lowest BCUT2D eigenvalue weighted by Crippen LogP contribution is -2.46. The lowest BCUT2D eigenvalue weighted by Gasteiger charge is -2.20. The Labute approximate surface area is 148 Å². The van der Waals surface area contributed by atoms with Gasteiger partial charge in [-0.05, 0) is 32.4 Å². The highest BCUT2D eigenvalue weighted by molar-refractivity contribution is 5.85. The molecule has 0 unspecified atom stereocenters. The number of carbonyl (C=O) groups excluding carboxylic acids is 2. The fraction of sp³-hybridized carbons (Fsp3) is 0.300. The van der Waals surface area contributed by atoms with Gasteiger partial charge < -0.3 is 15.4 Å². The smallest absolute Gasteiger partial charge is 0.258 e. The second-order valence-electron chi connectivity index (χ2n) is 6.73. The zero-order valence-electron chi connectivity index (χ0n) is 14.8. The molecule has 5 nitrogen and oxygen atoms in total. The van der Waals surface area contributed by atoms with E-state index in [1.165, 1.54) is 0 Å². The Morgan fingerprint density at radius 1 is 0.920 bits per heavy atom. The average molecular weight is 340 g/mol. The minimum Gasteiger partial charge on any atom is -0.483 e. The first-order valence-electron chi connectivity index (χ1n) is 8.20. The Balaban J connectivity index is 1.90. The zero-order valence-corrected chi connectivity index (χ0v) is 14.8. The van der Waals surface area contributed by atoms with Crippen LogP contribution in [0.1, 0.15) is 20.8 Å². The molecule has 0 aliphatic carbocycles. The molecule has 0 bridgehead atoms. The maximum atomic E-state index is 11.9. The molecule has 5 heteroatoms. The van der Waals surface area contributed by atoms with Crippen LogP contribution >= 0.6 is 0 Å². The maximum absolute atomic E-state index is 11.9. The lowest BCUT2D eigenvalue weighted by molar-refractivity contribution is -0.127. The summed E-state index contributed by atoms with van der Waals surface area (Å²) < 4.78 is 5.64. The molecule has 0 heterocycles. The van der Waals surface area contributed by atoms with Gasteiger partial charge in [0.15, 0.2) is 6.61 Å². The molecule has 0 saturated carbocycles. The van der Waals surface area contributed by atoms with Crippen LogP contribution in [0.3, 0.4) is 0 Å². The van der Waals surface area contributed by atoms with E-state index in [0.29, 0.717) is 5.75 Å². The molecule has 0 aliphatic rings. The first-order chi connectivity index (χ1) is 11.8. The molecule has 0 aromatic heterocycles. The van der Waals surface area contributed by atoms with E-state index in [4.69, 9.17) is 4.74 Å². The first kappa shape index (κ1) is 18.5. The number of rotatable bonds is 6. The van der Waals surface area contributed by atoms with Gasteiger partial charge in [0.05, 0.1) is 6.54 Å². The highest BCUT2D eigenvalue weighted by Crippen LogP contribution is 2.29. The second kappa shape index (κ2) is 8.33. The van der Waals surface area contributed by atoms with Crippen LogP contribution in [0.2, 0.25) is 0 Å². The van der Waals surface area contributed by atoms with Crippen molar-refractivity contribution in [1.82, 2.24) is 10.6 Å². The molecule has 132 valence electrons. The molecule has 25 heavy (non-hydrogen) atoms. The van der Waals surface area contributed by atoms with Gasteiger partial charge in [0.25, 0.3) is 5.91 Å². The summed E-state index contributed by atoms with van der Waals surface area (Å²) in [5.41, 5.74) is 1.61. The number of benzene rings is 2. The predicted molar refractivity (Wildman–Crippen MR) is 98.3 cm³/mol. The van der Waals surface area contributed by atoms with Crippen molar-refractivity contribution in [3.63, 3.8) is 0 Å². The number of hydrogen-bond donors (Lipinski definition) is 2. The standard InChI is InChI=1S/C20H24N2O3/c1-20(2,3)22-18(23)13-21-19(24)14-25-17-12-8-7-11-16(17)15-9-5-4-6-10-15/h4-12H,13-14H2,1-3H3,(H,21,24)(H,22,23). The zero-order chi connectivity index (χ0) is 18.3. The van der Waals surface area contributed by atoms with Crippen molar-refractivity contribution in [2.24, 2.45) is 0 Å². The van der Waals surface area contributed by atoms with Crippen LogP contribution < -0.4 is 15.4 Å². The number of para-hydroxylation sites is 1. The van der Waals surface area contributed by atoms with Gasteiger partial charge >= 0.3 is 0 Å². The average Bonchev–Trinajstić information content (AvgIpc) is 2.58. The molecule has 0 fully saturated rings. The van der Waals surface area contributed by atoms with Crippen LogP contribution in [-0.2, 0) is 9.59 Å². The summed E-state index contributed by atoms with van der Waals surface area (Å²) in [6.45, 7) is 5.44. The molecule has 0 saturated heterocycles. The van der Waals surface area contributed by atoms with E-state index in [9.17, 15) is 9.59 Å². The minimum atomic E-state index is -0.341. The maximum Gasteiger partial charge on any atom is 0.258 e. The Kier molecular flexibility index (Phi) is 6.17. The third-order valence-electron chi connectivity index (χ3n) is 3.29. The summed E-state index contributed by atoms with van der Waals surface area (Å²) in [4.78, 5) is 23.6. The lowest BCUT2D eigenvalue weighted by atomic mass is 10.1. The topological polar surface area (TPSA) is 67.4 Å². The highest BCUT2D eigenvalue weighted by Gasteiger charge is 2.14. The Hall–Kier alpha value is -2.82. The van der Waals surface area contributed by atoms with Crippen LogP contribution in [-0.4, -0.2) is 30.5 Å². The van der Waals surface area contributed by atoms with Gasteiger partial charge in [0.1, 0.15) is 5.75 Å². The monoisotopic (exact) mass is 340 g/mol. The SMILES string of the molecule is CC(C)(C)NC(=O)CNC(=O)COc1ccccc1-c1ccccc1. The van der Waals surface area contributed by atoms with Crippen molar-refractivity contribution in [3.8, 4) is 16.9 Å². The van der Waals surface area contributed by atoms with E-state index in [2.05, 4.69) is 10.6 Å². The normalized spacial score (nSPS) is 10.8. The molecule has 2 rings (SSSR count). The second-order valence-corrected chi connectivity index (χ2v) is 6.73. The molecule has 2 aromatic carbocycles. The van der Waals surface area contributed by atoms with Crippen molar-refractivity contribution in [1.29, 1.82) is 0 Å². The van der Waals surface area contributed by atoms with E-state index >= 15 is 0 Å². The highest BCUT2D eigenvalue weighted by atomic mass is 16.5. The third-order valence-corrected chi connectivity index (χ3v) is 3.29. The number of hydrogen-bond acceptors (Lipinski definition) is 3. The summed E-state index contributed by atoms with van der Waals surface area (Å²) in [5.74, 6) is 0.0560. The third kappa shape index (κ3) is 6.30. The van der Waals surface area contributed by atoms with E-state index < -0.39 is 0 Å². The van der Waals surface area contributed by atoms with E-state index in [1.807, 2.05) is 75.4 Å². The van der Waals surface area contributed by atoms with Gasteiger partial charge in [-0.25, -0.2) is 0 Å². The van der Waals surface area contributed by atoms with Gasteiger partial charge in [-0.15, -0.1) is 0 Å². The van der Waals surface area contributed by atoms with Crippen molar-refractivity contribution in [2.45, 2.75) is 26.3 Å². The van der Waals surface area contributed by atoms with Gasteiger partial charge in [-0.2, -0.15) is 0 Å². The van der Waals surface area contributed by atoms with Crippen LogP contribution in [0.4, 0.5) is 0 Å². The van der Waals surface area contributed by atoms with Crippen molar-refractivity contribution >= 4 is 11.8 Å². The molecule has 2 N–H and O–H groups in total. The molecule has 2 amide bonds. The Bertz CT molecular complexity index is 721. The van der Waals surface area contributed by atoms with Crippen LogP contribution in [0.15, 0.2) is 54.6 Å². The molecular formula is C20H24N2O3. The number of amides is 2. The fourth-order valence-electron chi connectivity index (χ4n) is 2.28. The minimum absolute atomic E-state index is 0.0696. The predicted octanol–water partition coefficient (Wildman–Crippen LogP) is 2.76. The van der Waals surface area contributed by atoms with E-state index in [1.54, 1.807) is 0 Å².